The van der Waals surface area contributed by atoms with Gasteiger partial charge < -0.3 is 9.47 Å². The standard InChI is InChI=1S/C18H16N4O6S2/c1-27-14-9-8-12(16(24)28-2)10-13(14)22-30(25,26)18-21-20-17(29-18)19-15(23)11-6-4-3-5-7-11/h3-10,22H,1-2H3,(H,19,20,23). The van der Waals surface area contributed by atoms with Crippen molar-refractivity contribution in [2.24, 2.45) is 0 Å². The van der Waals surface area contributed by atoms with Crippen molar-refractivity contribution >= 4 is 44.1 Å². The second kappa shape index (κ2) is 8.88. The number of rotatable bonds is 7. The Morgan fingerprint density at radius 3 is 2.40 bits per heavy atom. The van der Waals surface area contributed by atoms with E-state index in [9.17, 15) is 18.0 Å². The largest absolute Gasteiger partial charge is 0.495 e. The number of sulfonamides is 1. The highest BCUT2D eigenvalue weighted by Gasteiger charge is 2.23. The third kappa shape index (κ3) is 4.72. The van der Waals surface area contributed by atoms with Crippen LogP contribution in [0.15, 0.2) is 52.9 Å². The van der Waals surface area contributed by atoms with E-state index in [1.807, 2.05) is 0 Å². The normalized spacial score (nSPS) is 10.9. The van der Waals surface area contributed by atoms with E-state index in [4.69, 9.17) is 4.74 Å². The van der Waals surface area contributed by atoms with Gasteiger partial charge in [-0.2, -0.15) is 8.42 Å². The van der Waals surface area contributed by atoms with Crippen LogP contribution < -0.4 is 14.8 Å². The van der Waals surface area contributed by atoms with Crippen LogP contribution in [-0.4, -0.2) is 44.7 Å². The fourth-order valence-corrected chi connectivity index (χ4v) is 4.31. The Hall–Kier alpha value is -3.51. The minimum atomic E-state index is -4.16. The molecule has 0 bridgehead atoms. The molecule has 2 aromatic carbocycles. The first-order valence-electron chi connectivity index (χ1n) is 8.33. The molecule has 0 unspecified atom stereocenters. The maximum atomic E-state index is 12.7. The molecule has 0 atom stereocenters. The maximum absolute atomic E-state index is 12.7. The number of amides is 1. The minimum Gasteiger partial charge on any atom is -0.495 e. The van der Waals surface area contributed by atoms with Gasteiger partial charge in [0.1, 0.15) is 5.75 Å². The van der Waals surface area contributed by atoms with Gasteiger partial charge in [-0.05, 0) is 30.3 Å². The molecule has 3 aromatic rings. The summed E-state index contributed by atoms with van der Waals surface area (Å²) >= 11 is 0.673. The minimum absolute atomic E-state index is 0.0134. The second-order valence-corrected chi connectivity index (χ2v) is 8.54. The molecule has 0 radical (unpaired) electrons. The van der Waals surface area contributed by atoms with E-state index in [0.717, 1.165) is 0 Å². The lowest BCUT2D eigenvalue weighted by Gasteiger charge is -2.11. The van der Waals surface area contributed by atoms with Crippen LogP contribution in [0.25, 0.3) is 0 Å². The summed E-state index contributed by atoms with van der Waals surface area (Å²) in [6.45, 7) is 0. The number of carbonyl (C=O) groups is 2. The number of methoxy groups -OCH3 is 2. The number of aromatic nitrogens is 2. The van der Waals surface area contributed by atoms with Gasteiger partial charge in [0.2, 0.25) is 5.13 Å². The molecule has 0 aliphatic heterocycles. The average molecular weight is 448 g/mol. The monoisotopic (exact) mass is 448 g/mol. The van der Waals surface area contributed by atoms with Crippen LogP contribution in [0.4, 0.5) is 10.8 Å². The summed E-state index contributed by atoms with van der Waals surface area (Å²) in [5, 5.41) is 9.84. The highest BCUT2D eigenvalue weighted by Crippen LogP contribution is 2.29. The second-order valence-electron chi connectivity index (χ2n) is 5.71. The van der Waals surface area contributed by atoms with Crippen LogP contribution >= 0.6 is 11.3 Å². The van der Waals surface area contributed by atoms with Gasteiger partial charge in [-0.25, -0.2) is 4.79 Å². The average Bonchev–Trinajstić information content (AvgIpc) is 3.23. The number of benzene rings is 2. The van der Waals surface area contributed by atoms with E-state index in [1.165, 1.54) is 32.4 Å². The molecule has 0 saturated carbocycles. The SMILES string of the molecule is COC(=O)c1ccc(OC)c(NS(=O)(=O)c2nnc(NC(=O)c3ccccc3)s2)c1. The molecule has 0 aliphatic rings. The van der Waals surface area contributed by atoms with Crippen molar-refractivity contribution in [3.63, 3.8) is 0 Å². The van der Waals surface area contributed by atoms with Crippen LogP contribution in [-0.2, 0) is 14.8 Å². The summed E-state index contributed by atoms with van der Waals surface area (Å²) in [5.74, 6) is -0.899. The Morgan fingerprint density at radius 2 is 1.73 bits per heavy atom. The molecular weight excluding hydrogens is 432 g/mol. The zero-order chi connectivity index (χ0) is 21.7. The fraction of sp³-hybridized carbons (Fsp3) is 0.111. The van der Waals surface area contributed by atoms with E-state index in [0.29, 0.717) is 16.9 Å². The van der Waals surface area contributed by atoms with Gasteiger partial charge in [-0.1, -0.05) is 29.5 Å². The molecule has 0 aliphatic carbocycles. The van der Waals surface area contributed by atoms with Crippen LogP contribution in [0.1, 0.15) is 20.7 Å². The molecule has 10 nitrogen and oxygen atoms in total. The summed E-state index contributed by atoms with van der Waals surface area (Å²) in [5.41, 5.74) is 0.536. The lowest BCUT2D eigenvalue weighted by molar-refractivity contribution is 0.0600. The summed E-state index contributed by atoms with van der Waals surface area (Å²) < 4.78 is 37.1. The Kier molecular flexibility index (Phi) is 6.28. The predicted molar refractivity (Wildman–Crippen MR) is 109 cm³/mol. The third-order valence-electron chi connectivity index (χ3n) is 3.76. The van der Waals surface area contributed by atoms with E-state index in [1.54, 1.807) is 30.3 Å². The van der Waals surface area contributed by atoms with E-state index in [2.05, 4.69) is 25.0 Å². The topological polar surface area (TPSA) is 137 Å². The number of nitrogens with zero attached hydrogens (tertiary/aromatic N) is 2. The molecule has 156 valence electrons. The first-order valence-corrected chi connectivity index (χ1v) is 10.6. The molecule has 0 spiro atoms. The molecular formula is C18H16N4O6S2. The van der Waals surface area contributed by atoms with Crippen molar-refractivity contribution in [2.75, 3.05) is 24.3 Å². The maximum Gasteiger partial charge on any atom is 0.337 e. The van der Waals surface area contributed by atoms with Crippen molar-refractivity contribution in [1.82, 2.24) is 10.2 Å². The van der Waals surface area contributed by atoms with Crippen molar-refractivity contribution in [2.45, 2.75) is 4.34 Å². The molecule has 30 heavy (non-hydrogen) atoms. The fourth-order valence-electron chi connectivity index (χ4n) is 2.35. The first kappa shape index (κ1) is 21.2. The molecule has 1 heterocycles. The predicted octanol–water partition coefficient (Wildman–Crippen LogP) is 2.39. The number of hydrogen-bond donors (Lipinski definition) is 2. The van der Waals surface area contributed by atoms with Crippen molar-refractivity contribution in [3.8, 4) is 5.75 Å². The Balaban J connectivity index is 1.82. The van der Waals surface area contributed by atoms with Gasteiger partial charge in [-0.3, -0.25) is 14.8 Å². The third-order valence-corrected chi connectivity index (χ3v) is 6.33. The summed E-state index contributed by atoms with van der Waals surface area (Å²) in [7, 11) is -1.60. The number of esters is 1. The van der Waals surface area contributed by atoms with Crippen LogP contribution in [0.3, 0.4) is 0 Å². The smallest absolute Gasteiger partial charge is 0.337 e. The van der Waals surface area contributed by atoms with Crippen molar-refractivity contribution in [3.05, 3.63) is 59.7 Å². The summed E-state index contributed by atoms with van der Waals surface area (Å²) in [6, 6.07) is 12.5. The number of nitrogens with one attached hydrogen (secondary N) is 2. The van der Waals surface area contributed by atoms with Gasteiger partial charge in [0.15, 0.2) is 0 Å². The summed E-state index contributed by atoms with van der Waals surface area (Å²) in [4.78, 5) is 23.9. The van der Waals surface area contributed by atoms with Crippen LogP contribution in [0, 0.1) is 0 Å². The number of anilines is 2. The van der Waals surface area contributed by atoms with E-state index < -0.39 is 21.9 Å². The molecule has 12 heteroatoms. The lowest BCUT2D eigenvalue weighted by atomic mass is 10.2. The van der Waals surface area contributed by atoms with E-state index in [-0.39, 0.29) is 26.5 Å². The van der Waals surface area contributed by atoms with Crippen molar-refractivity contribution < 1.29 is 27.5 Å². The van der Waals surface area contributed by atoms with Gasteiger partial charge in [0.25, 0.3) is 20.3 Å². The van der Waals surface area contributed by atoms with Gasteiger partial charge >= 0.3 is 5.97 Å². The number of hydrogen-bond acceptors (Lipinski definition) is 9. The molecule has 2 N–H and O–H groups in total. The van der Waals surface area contributed by atoms with Gasteiger partial charge in [0, 0.05) is 5.56 Å². The first-order chi connectivity index (χ1) is 14.3. The van der Waals surface area contributed by atoms with Crippen LogP contribution in [0.5, 0.6) is 5.75 Å². The molecule has 1 aromatic heterocycles. The zero-order valence-corrected chi connectivity index (χ0v) is 17.4. The molecule has 0 fully saturated rings. The van der Waals surface area contributed by atoms with Gasteiger partial charge in [-0.15, -0.1) is 10.2 Å². The highest BCUT2D eigenvalue weighted by molar-refractivity contribution is 7.94. The molecule has 3 rings (SSSR count). The Labute approximate surface area is 175 Å². The number of ether oxygens (including phenoxy) is 2. The Bertz CT molecular complexity index is 1180. The highest BCUT2D eigenvalue weighted by atomic mass is 32.2. The number of carbonyl (C=O) groups excluding carboxylic acids is 2. The molecule has 1 amide bonds. The summed E-state index contributed by atoms with van der Waals surface area (Å²) in [6.07, 6.45) is 0. The molecule has 0 saturated heterocycles. The van der Waals surface area contributed by atoms with Gasteiger partial charge in [0.05, 0.1) is 25.5 Å². The van der Waals surface area contributed by atoms with Crippen LogP contribution in [0.2, 0.25) is 0 Å². The lowest BCUT2D eigenvalue weighted by Crippen LogP contribution is -2.14. The quantitative estimate of drug-likeness (QED) is 0.415. The zero-order valence-electron chi connectivity index (χ0n) is 15.8. The van der Waals surface area contributed by atoms with Crippen molar-refractivity contribution in [1.29, 1.82) is 0 Å². The Morgan fingerprint density at radius 1 is 1.00 bits per heavy atom. The van der Waals surface area contributed by atoms with E-state index >= 15 is 0 Å².